The summed E-state index contributed by atoms with van der Waals surface area (Å²) >= 11 is 0. The lowest BCUT2D eigenvalue weighted by atomic mass is 10.1. The molecule has 0 spiro atoms. The monoisotopic (exact) mass is 410 g/mol. The molecule has 0 N–H and O–H groups in total. The van der Waals surface area contributed by atoms with Gasteiger partial charge in [-0.15, -0.1) is 0 Å². The number of benzene rings is 2. The first-order valence-electron chi connectivity index (χ1n) is 9.23. The Labute approximate surface area is 167 Å². The highest BCUT2D eigenvalue weighted by molar-refractivity contribution is 5.65. The van der Waals surface area contributed by atoms with Gasteiger partial charge in [0.25, 0.3) is 0 Å². The first kappa shape index (κ1) is 24.0. The molecule has 8 heteroatoms. The molecule has 29 heavy (non-hydrogen) atoms. The first-order chi connectivity index (χ1) is 13.8. The van der Waals surface area contributed by atoms with Crippen LogP contribution in [0, 0.1) is 0 Å². The second-order valence-electron chi connectivity index (χ2n) is 5.56. The molecule has 3 aromatic rings. The molecule has 0 aliphatic rings. The Balaban J connectivity index is 0.000000771. The second-order valence-corrected chi connectivity index (χ2v) is 5.56. The molecule has 0 radical (unpaired) electrons. The summed E-state index contributed by atoms with van der Waals surface area (Å²) in [5.74, 6) is -0.432. The minimum absolute atomic E-state index is 0.00280. The standard InChI is InChI=1S/C16H11F3N2O3.C3H8.C2H6/c1-23-13-8-3-2-7-12(13)14-20-24-15(22)21(14)11-6-4-5-10(9-11)16(17,18)19;1-3-2;1-2/h2-9H,1H3;3H2,1-2H3;1-2H3. The van der Waals surface area contributed by atoms with E-state index in [1.54, 1.807) is 24.3 Å². The fraction of sp³-hybridized carbons (Fsp3) is 0.333. The summed E-state index contributed by atoms with van der Waals surface area (Å²) in [6.45, 7) is 8.25. The first-order valence-corrected chi connectivity index (χ1v) is 9.23. The van der Waals surface area contributed by atoms with Gasteiger partial charge in [-0.05, 0) is 30.3 Å². The van der Waals surface area contributed by atoms with E-state index in [0.717, 1.165) is 16.7 Å². The second kappa shape index (κ2) is 11.1. The van der Waals surface area contributed by atoms with Crippen LogP contribution in [0.3, 0.4) is 0 Å². The molecule has 0 unspecified atom stereocenters. The van der Waals surface area contributed by atoms with E-state index in [1.165, 1.54) is 25.7 Å². The van der Waals surface area contributed by atoms with Gasteiger partial charge in [0.15, 0.2) is 5.82 Å². The molecular weight excluding hydrogens is 385 g/mol. The lowest BCUT2D eigenvalue weighted by Crippen LogP contribution is -2.15. The van der Waals surface area contributed by atoms with Crippen LogP contribution >= 0.6 is 0 Å². The number of aromatic nitrogens is 2. The number of ether oxygens (including phenoxy) is 1. The molecule has 0 atom stereocenters. The Morgan fingerprint density at radius 3 is 2.28 bits per heavy atom. The number of alkyl halides is 3. The van der Waals surface area contributed by atoms with Gasteiger partial charge in [0.1, 0.15) is 5.75 Å². The third-order valence-corrected chi connectivity index (χ3v) is 3.38. The van der Waals surface area contributed by atoms with Gasteiger partial charge in [-0.25, -0.2) is 9.36 Å². The zero-order valence-electron chi connectivity index (χ0n) is 17.1. The quantitative estimate of drug-likeness (QED) is 0.534. The molecule has 0 bridgehead atoms. The van der Waals surface area contributed by atoms with Crippen LogP contribution in [0.4, 0.5) is 13.2 Å². The average molecular weight is 410 g/mol. The minimum Gasteiger partial charge on any atom is -0.496 e. The third-order valence-electron chi connectivity index (χ3n) is 3.38. The summed E-state index contributed by atoms with van der Waals surface area (Å²) in [6, 6.07) is 11.0. The normalized spacial score (nSPS) is 10.3. The maximum absolute atomic E-state index is 12.9. The van der Waals surface area contributed by atoms with Crippen LogP contribution in [0.25, 0.3) is 17.1 Å². The van der Waals surface area contributed by atoms with Crippen LogP contribution in [-0.2, 0) is 6.18 Å². The van der Waals surface area contributed by atoms with Crippen molar-refractivity contribution >= 4 is 0 Å². The maximum Gasteiger partial charge on any atom is 0.446 e. The van der Waals surface area contributed by atoms with Crippen molar-refractivity contribution in [2.75, 3.05) is 7.11 Å². The Hall–Kier alpha value is -3.03. The SMILES string of the molecule is CC.CCC.COc1ccccc1-c1noc(=O)n1-c1cccc(C(F)(F)F)c1. The number of hydrogen-bond donors (Lipinski definition) is 0. The number of halogens is 3. The van der Waals surface area contributed by atoms with Gasteiger partial charge in [-0.3, -0.25) is 4.52 Å². The molecular formula is C21H25F3N2O3. The van der Waals surface area contributed by atoms with E-state index in [2.05, 4.69) is 23.5 Å². The van der Waals surface area contributed by atoms with Gasteiger partial charge in [0, 0.05) is 0 Å². The van der Waals surface area contributed by atoms with Crippen molar-refractivity contribution in [1.82, 2.24) is 9.72 Å². The summed E-state index contributed by atoms with van der Waals surface area (Å²) < 4.78 is 49.5. The van der Waals surface area contributed by atoms with E-state index < -0.39 is 17.5 Å². The van der Waals surface area contributed by atoms with Crippen molar-refractivity contribution in [3.05, 3.63) is 64.6 Å². The molecule has 3 rings (SSSR count). The van der Waals surface area contributed by atoms with E-state index >= 15 is 0 Å². The van der Waals surface area contributed by atoms with Crippen LogP contribution in [0.2, 0.25) is 0 Å². The van der Waals surface area contributed by atoms with Crippen molar-refractivity contribution in [2.24, 2.45) is 0 Å². The third kappa shape index (κ3) is 5.97. The fourth-order valence-electron chi connectivity index (χ4n) is 2.30. The summed E-state index contributed by atoms with van der Waals surface area (Å²) in [5, 5.41) is 3.68. The van der Waals surface area contributed by atoms with Crippen LogP contribution in [0.1, 0.15) is 39.7 Å². The van der Waals surface area contributed by atoms with Gasteiger partial charge in [-0.2, -0.15) is 13.2 Å². The van der Waals surface area contributed by atoms with Gasteiger partial charge in [-0.1, -0.05) is 57.5 Å². The van der Waals surface area contributed by atoms with Crippen LogP contribution in [0.15, 0.2) is 57.8 Å². The van der Waals surface area contributed by atoms with Crippen LogP contribution in [-0.4, -0.2) is 16.8 Å². The molecule has 2 aromatic carbocycles. The number of methoxy groups -OCH3 is 1. The van der Waals surface area contributed by atoms with Gasteiger partial charge in [0.05, 0.1) is 23.9 Å². The number of nitrogens with zero attached hydrogens (tertiary/aromatic N) is 2. The smallest absolute Gasteiger partial charge is 0.446 e. The molecule has 0 saturated carbocycles. The predicted octanol–water partition coefficient (Wildman–Crippen LogP) is 5.96. The highest BCUT2D eigenvalue weighted by Gasteiger charge is 2.31. The minimum atomic E-state index is -4.53. The Morgan fingerprint density at radius 2 is 1.69 bits per heavy atom. The lowest BCUT2D eigenvalue weighted by Gasteiger charge is -2.11. The number of hydrogen-bond acceptors (Lipinski definition) is 4. The largest absolute Gasteiger partial charge is 0.496 e. The fourth-order valence-corrected chi connectivity index (χ4v) is 2.30. The molecule has 1 aromatic heterocycles. The van der Waals surface area contributed by atoms with E-state index in [4.69, 9.17) is 4.74 Å². The number of para-hydroxylation sites is 1. The van der Waals surface area contributed by atoms with E-state index in [0.29, 0.717) is 11.3 Å². The molecule has 0 fully saturated rings. The Bertz CT molecular complexity index is 947. The van der Waals surface area contributed by atoms with E-state index in [9.17, 15) is 18.0 Å². The predicted molar refractivity (Wildman–Crippen MR) is 106 cm³/mol. The van der Waals surface area contributed by atoms with E-state index in [-0.39, 0.29) is 11.5 Å². The molecule has 0 saturated heterocycles. The average Bonchev–Trinajstić information content (AvgIpc) is 3.11. The van der Waals surface area contributed by atoms with Gasteiger partial charge < -0.3 is 4.74 Å². The molecule has 0 aliphatic heterocycles. The molecule has 5 nitrogen and oxygen atoms in total. The summed E-state index contributed by atoms with van der Waals surface area (Å²) in [5.41, 5.74) is -0.459. The van der Waals surface area contributed by atoms with Gasteiger partial charge in [0.2, 0.25) is 0 Å². The van der Waals surface area contributed by atoms with E-state index in [1.807, 2.05) is 13.8 Å². The van der Waals surface area contributed by atoms with Crippen molar-refractivity contribution in [3.63, 3.8) is 0 Å². The molecule has 1 heterocycles. The molecule has 0 aliphatic carbocycles. The number of rotatable bonds is 3. The molecule has 158 valence electrons. The Kier molecular flexibility index (Phi) is 9.18. The highest BCUT2D eigenvalue weighted by atomic mass is 19.4. The van der Waals surface area contributed by atoms with Crippen molar-refractivity contribution in [2.45, 2.75) is 40.3 Å². The summed E-state index contributed by atoms with van der Waals surface area (Å²) in [7, 11) is 1.44. The maximum atomic E-state index is 12.9. The van der Waals surface area contributed by atoms with Crippen LogP contribution in [0.5, 0.6) is 5.75 Å². The zero-order valence-corrected chi connectivity index (χ0v) is 17.1. The topological polar surface area (TPSA) is 57.3 Å². The summed E-state index contributed by atoms with van der Waals surface area (Å²) in [6.07, 6.45) is -3.28. The highest BCUT2D eigenvalue weighted by Crippen LogP contribution is 2.32. The van der Waals surface area contributed by atoms with Crippen LogP contribution < -0.4 is 10.5 Å². The van der Waals surface area contributed by atoms with Gasteiger partial charge >= 0.3 is 11.9 Å². The summed E-state index contributed by atoms with van der Waals surface area (Å²) in [4.78, 5) is 12.0. The van der Waals surface area contributed by atoms with Crippen molar-refractivity contribution < 1.29 is 22.4 Å². The lowest BCUT2D eigenvalue weighted by molar-refractivity contribution is -0.137. The Morgan fingerprint density at radius 1 is 1.07 bits per heavy atom. The molecule has 0 amide bonds. The van der Waals surface area contributed by atoms with Crippen molar-refractivity contribution in [3.8, 4) is 22.8 Å². The van der Waals surface area contributed by atoms with Crippen molar-refractivity contribution in [1.29, 1.82) is 0 Å². The zero-order chi connectivity index (χ0) is 22.0.